The van der Waals surface area contributed by atoms with Crippen molar-refractivity contribution >= 4 is 35.0 Å². The third kappa shape index (κ3) is 5.02. The first kappa shape index (κ1) is 16.8. The number of hydrogen-bond donors (Lipinski definition) is 1. The van der Waals surface area contributed by atoms with E-state index in [9.17, 15) is 9.59 Å². The van der Waals surface area contributed by atoms with E-state index < -0.39 is 5.91 Å². The zero-order valence-electron chi connectivity index (χ0n) is 11.1. The summed E-state index contributed by atoms with van der Waals surface area (Å²) in [5.41, 5.74) is 6.08. The molecule has 0 aliphatic heterocycles. The largest absolute Gasteiger partial charge is 0.366 e. The van der Waals surface area contributed by atoms with E-state index in [4.69, 9.17) is 28.9 Å². The Kier molecular flexibility index (Phi) is 7.41. The molecule has 1 rings (SSSR count). The van der Waals surface area contributed by atoms with E-state index in [-0.39, 0.29) is 5.91 Å². The highest BCUT2D eigenvalue weighted by molar-refractivity contribution is 6.18. The van der Waals surface area contributed by atoms with Crippen LogP contribution in [0.4, 0.5) is 0 Å². The maximum atomic E-state index is 12.4. The molecule has 0 saturated carbocycles. The summed E-state index contributed by atoms with van der Waals surface area (Å²) < 4.78 is 0. The van der Waals surface area contributed by atoms with E-state index in [1.165, 1.54) is 0 Å². The number of halogens is 2. The number of primary amides is 1. The van der Waals surface area contributed by atoms with Crippen LogP contribution in [0, 0.1) is 0 Å². The van der Waals surface area contributed by atoms with Crippen LogP contribution >= 0.6 is 23.2 Å². The zero-order valence-corrected chi connectivity index (χ0v) is 12.7. The molecule has 1 aromatic carbocycles. The number of alkyl halides is 2. The average molecular weight is 317 g/mol. The second-order valence-electron chi connectivity index (χ2n) is 4.32. The monoisotopic (exact) mass is 316 g/mol. The van der Waals surface area contributed by atoms with Crippen LogP contribution in [0.5, 0.6) is 0 Å². The molecule has 110 valence electrons. The Labute approximate surface area is 128 Å². The van der Waals surface area contributed by atoms with Crippen molar-refractivity contribution in [2.24, 2.45) is 5.73 Å². The summed E-state index contributed by atoms with van der Waals surface area (Å²) in [5, 5.41) is 0. The predicted octanol–water partition coefficient (Wildman–Crippen LogP) is 2.49. The topological polar surface area (TPSA) is 63.4 Å². The molecule has 0 unspecified atom stereocenters. The summed E-state index contributed by atoms with van der Waals surface area (Å²) in [6, 6.07) is 6.32. The third-order valence-corrected chi connectivity index (χ3v) is 3.36. The van der Waals surface area contributed by atoms with Gasteiger partial charge >= 0.3 is 0 Å². The molecule has 0 aromatic heterocycles. The van der Waals surface area contributed by atoms with Gasteiger partial charge in [0.15, 0.2) is 0 Å². The number of nitrogens with two attached hydrogens (primary N) is 1. The van der Waals surface area contributed by atoms with Gasteiger partial charge in [-0.3, -0.25) is 9.59 Å². The smallest absolute Gasteiger partial charge is 0.253 e. The van der Waals surface area contributed by atoms with E-state index in [2.05, 4.69) is 0 Å². The maximum Gasteiger partial charge on any atom is 0.253 e. The number of nitrogens with zero attached hydrogens (tertiary/aromatic N) is 1. The molecular weight excluding hydrogens is 299 g/mol. The molecule has 0 aliphatic carbocycles. The zero-order chi connectivity index (χ0) is 15.0. The van der Waals surface area contributed by atoms with Crippen LogP contribution in [0.2, 0.25) is 0 Å². The molecule has 0 spiro atoms. The van der Waals surface area contributed by atoms with Gasteiger partial charge < -0.3 is 10.6 Å². The van der Waals surface area contributed by atoms with Crippen LogP contribution < -0.4 is 5.73 Å². The molecule has 0 bridgehead atoms. The van der Waals surface area contributed by atoms with Crippen molar-refractivity contribution in [1.82, 2.24) is 4.90 Å². The van der Waals surface area contributed by atoms with E-state index in [1.807, 2.05) is 0 Å². The highest BCUT2D eigenvalue weighted by Gasteiger charge is 2.15. The average Bonchev–Trinajstić information content (AvgIpc) is 2.47. The Morgan fingerprint density at radius 3 is 1.80 bits per heavy atom. The van der Waals surface area contributed by atoms with Crippen molar-refractivity contribution in [3.05, 3.63) is 35.4 Å². The first-order valence-corrected chi connectivity index (χ1v) is 7.48. The number of rotatable bonds is 8. The predicted molar refractivity (Wildman–Crippen MR) is 81.5 cm³/mol. The molecule has 0 aliphatic rings. The van der Waals surface area contributed by atoms with E-state index in [1.54, 1.807) is 29.2 Å². The van der Waals surface area contributed by atoms with Crippen LogP contribution in [0.25, 0.3) is 0 Å². The molecule has 2 N–H and O–H groups in total. The normalized spacial score (nSPS) is 10.3. The van der Waals surface area contributed by atoms with Gasteiger partial charge in [0.25, 0.3) is 5.91 Å². The number of amides is 2. The lowest BCUT2D eigenvalue weighted by Gasteiger charge is -2.22. The quantitative estimate of drug-likeness (QED) is 0.749. The summed E-state index contributed by atoms with van der Waals surface area (Å²) in [5.74, 6) is 0.415. The molecule has 2 amide bonds. The van der Waals surface area contributed by atoms with Crippen LogP contribution in [0.1, 0.15) is 33.6 Å². The Balaban J connectivity index is 2.78. The second kappa shape index (κ2) is 8.82. The highest BCUT2D eigenvalue weighted by atomic mass is 35.5. The number of hydrogen-bond acceptors (Lipinski definition) is 2. The summed E-state index contributed by atoms with van der Waals surface area (Å²) in [6.07, 6.45) is 1.46. The van der Waals surface area contributed by atoms with Gasteiger partial charge in [0, 0.05) is 36.0 Å². The SMILES string of the molecule is NC(=O)c1ccc(C(=O)N(CCCCl)CCCCl)cc1. The first-order valence-electron chi connectivity index (χ1n) is 6.41. The standard InChI is InChI=1S/C14H18Cl2N2O2/c15-7-1-9-18(10-2-8-16)14(20)12-5-3-11(4-6-12)13(17)19/h3-6H,1-2,7-10H2,(H2,17,19). The molecule has 0 heterocycles. The molecule has 0 saturated heterocycles. The molecule has 0 fully saturated rings. The van der Waals surface area contributed by atoms with E-state index >= 15 is 0 Å². The minimum Gasteiger partial charge on any atom is -0.366 e. The van der Waals surface area contributed by atoms with Crippen LogP contribution in [-0.2, 0) is 0 Å². The Hall–Kier alpha value is -1.26. The molecule has 0 atom stereocenters. The van der Waals surface area contributed by atoms with Crippen molar-refractivity contribution in [1.29, 1.82) is 0 Å². The fourth-order valence-corrected chi connectivity index (χ4v) is 2.01. The Bertz CT molecular complexity index is 441. The minimum absolute atomic E-state index is 0.0868. The fraction of sp³-hybridized carbons (Fsp3) is 0.429. The van der Waals surface area contributed by atoms with Crippen LogP contribution in [-0.4, -0.2) is 41.6 Å². The Morgan fingerprint density at radius 1 is 0.950 bits per heavy atom. The van der Waals surface area contributed by atoms with Crippen molar-refractivity contribution < 1.29 is 9.59 Å². The second-order valence-corrected chi connectivity index (χ2v) is 5.07. The minimum atomic E-state index is -0.509. The summed E-state index contributed by atoms with van der Waals surface area (Å²) in [7, 11) is 0. The van der Waals surface area contributed by atoms with E-state index in [0.717, 1.165) is 12.8 Å². The first-order chi connectivity index (χ1) is 9.60. The van der Waals surface area contributed by atoms with Crippen molar-refractivity contribution in [3.8, 4) is 0 Å². The lowest BCUT2D eigenvalue weighted by Crippen LogP contribution is -2.33. The van der Waals surface area contributed by atoms with E-state index in [0.29, 0.717) is 36.0 Å². The van der Waals surface area contributed by atoms with Gasteiger partial charge in [-0.2, -0.15) is 0 Å². The highest BCUT2D eigenvalue weighted by Crippen LogP contribution is 2.09. The van der Waals surface area contributed by atoms with Gasteiger partial charge in [-0.1, -0.05) is 0 Å². The van der Waals surface area contributed by atoms with Crippen molar-refractivity contribution in [3.63, 3.8) is 0 Å². The van der Waals surface area contributed by atoms with Gasteiger partial charge in [0.2, 0.25) is 5.91 Å². The third-order valence-electron chi connectivity index (χ3n) is 2.83. The van der Waals surface area contributed by atoms with Crippen molar-refractivity contribution in [2.45, 2.75) is 12.8 Å². The molecule has 6 heteroatoms. The summed E-state index contributed by atoms with van der Waals surface area (Å²) >= 11 is 11.3. The molecule has 0 radical (unpaired) electrons. The maximum absolute atomic E-state index is 12.4. The summed E-state index contributed by atoms with van der Waals surface area (Å²) in [4.78, 5) is 25.1. The lowest BCUT2D eigenvalue weighted by atomic mass is 10.1. The van der Waals surface area contributed by atoms with Crippen molar-refractivity contribution in [2.75, 3.05) is 24.8 Å². The van der Waals surface area contributed by atoms with Gasteiger partial charge in [-0.05, 0) is 37.1 Å². The lowest BCUT2D eigenvalue weighted by molar-refractivity contribution is 0.0756. The molecule has 1 aromatic rings. The van der Waals surface area contributed by atoms with Crippen LogP contribution in [0.15, 0.2) is 24.3 Å². The van der Waals surface area contributed by atoms with Gasteiger partial charge in [-0.25, -0.2) is 0 Å². The van der Waals surface area contributed by atoms with Gasteiger partial charge in [-0.15, -0.1) is 23.2 Å². The fourth-order valence-electron chi connectivity index (χ4n) is 1.78. The van der Waals surface area contributed by atoms with Gasteiger partial charge in [0.1, 0.15) is 0 Å². The Morgan fingerprint density at radius 2 is 1.40 bits per heavy atom. The molecule has 20 heavy (non-hydrogen) atoms. The van der Waals surface area contributed by atoms with Gasteiger partial charge in [0.05, 0.1) is 0 Å². The molecular formula is C14H18Cl2N2O2. The molecule has 4 nitrogen and oxygen atoms in total. The number of carbonyl (C=O) groups excluding carboxylic acids is 2. The number of carbonyl (C=O) groups is 2. The summed E-state index contributed by atoms with van der Waals surface area (Å²) in [6.45, 7) is 1.19. The number of benzene rings is 1. The van der Waals surface area contributed by atoms with Crippen LogP contribution in [0.3, 0.4) is 0 Å².